The standard InChI is InChI=1S/C13H15NO2/c1-8(15)11-7-9-3-2-4-12(9)14(13(11)16)10-5-6-10/h7,10H,2-6H2,1H3. The minimum atomic E-state index is -0.103. The first kappa shape index (κ1) is 9.82. The largest absolute Gasteiger partial charge is 0.309 e. The second-order valence-corrected chi connectivity index (χ2v) is 4.85. The van der Waals surface area contributed by atoms with Gasteiger partial charge in [0.25, 0.3) is 5.56 Å². The van der Waals surface area contributed by atoms with Crippen LogP contribution in [0.4, 0.5) is 0 Å². The van der Waals surface area contributed by atoms with Crippen molar-refractivity contribution in [1.82, 2.24) is 4.57 Å². The van der Waals surface area contributed by atoms with Gasteiger partial charge in [-0.15, -0.1) is 0 Å². The van der Waals surface area contributed by atoms with Crippen molar-refractivity contribution >= 4 is 5.78 Å². The first-order valence-electron chi connectivity index (χ1n) is 5.96. The van der Waals surface area contributed by atoms with E-state index in [9.17, 15) is 9.59 Å². The molecule has 0 amide bonds. The monoisotopic (exact) mass is 217 g/mol. The molecule has 0 aliphatic heterocycles. The summed E-state index contributed by atoms with van der Waals surface area (Å²) in [7, 11) is 0. The van der Waals surface area contributed by atoms with Gasteiger partial charge in [0, 0.05) is 11.7 Å². The van der Waals surface area contributed by atoms with Gasteiger partial charge in [0.1, 0.15) is 0 Å². The van der Waals surface area contributed by atoms with Crippen LogP contribution in [0, 0.1) is 0 Å². The van der Waals surface area contributed by atoms with Crippen LogP contribution in [0.1, 0.15) is 53.8 Å². The molecule has 1 aromatic rings. The Labute approximate surface area is 94.1 Å². The highest BCUT2D eigenvalue weighted by molar-refractivity contribution is 5.93. The number of aromatic nitrogens is 1. The Bertz CT molecular complexity index is 523. The van der Waals surface area contributed by atoms with Gasteiger partial charge in [-0.25, -0.2) is 0 Å². The number of Topliss-reactive ketones (excluding diaryl/α,β-unsaturated/α-hetero) is 1. The lowest BCUT2D eigenvalue weighted by atomic mass is 10.1. The summed E-state index contributed by atoms with van der Waals surface area (Å²) in [5.41, 5.74) is 2.73. The molecule has 0 bridgehead atoms. The van der Waals surface area contributed by atoms with Crippen molar-refractivity contribution in [2.75, 3.05) is 0 Å². The summed E-state index contributed by atoms with van der Waals surface area (Å²) in [4.78, 5) is 23.6. The lowest BCUT2D eigenvalue weighted by Gasteiger charge is -2.12. The number of aryl methyl sites for hydroxylation is 1. The average Bonchev–Trinajstić information content (AvgIpc) is 2.94. The van der Waals surface area contributed by atoms with E-state index >= 15 is 0 Å². The van der Waals surface area contributed by atoms with E-state index in [4.69, 9.17) is 0 Å². The van der Waals surface area contributed by atoms with E-state index in [0.29, 0.717) is 11.6 Å². The number of carbonyl (C=O) groups excluding carboxylic acids is 1. The highest BCUT2D eigenvalue weighted by Crippen LogP contribution is 2.37. The maximum atomic E-state index is 12.2. The van der Waals surface area contributed by atoms with Crippen LogP contribution in [0.5, 0.6) is 0 Å². The smallest absolute Gasteiger partial charge is 0.261 e. The maximum Gasteiger partial charge on any atom is 0.261 e. The van der Waals surface area contributed by atoms with Crippen LogP contribution in [-0.4, -0.2) is 10.4 Å². The summed E-state index contributed by atoms with van der Waals surface area (Å²) in [5, 5.41) is 0. The third kappa shape index (κ3) is 1.34. The molecule has 0 atom stereocenters. The molecule has 1 saturated carbocycles. The Kier molecular flexibility index (Phi) is 2.03. The fraction of sp³-hybridized carbons (Fsp3) is 0.538. The first-order chi connectivity index (χ1) is 7.68. The van der Waals surface area contributed by atoms with E-state index < -0.39 is 0 Å². The highest BCUT2D eigenvalue weighted by atomic mass is 16.1. The Balaban J connectivity index is 2.28. The number of hydrogen-bond donors (Lipinski definition) is 0. The van der Waals surface area contributed by atoms with Gasteiger partial charge in [-0.05, 0) is 50.7 Å². The van der Waals surface area contributed by atoms with E-state index in [-0.39, 0.29) is 11.3 Å². The lowest BCUT2D eigenvalue weighted by Crippen LogP contribution is -2.27. The molecule has 2 aliphatic rings. The topological polar surface area (TPSA) is 39.1 Å². The number of rotatable bonds is 2. The van der Waals surface area contributed by atoms with Crippen LogP contribution in [-0.2, 0) is 12.8 Å². The second-order valence-electron chi connectivity index (χ2n) is 4.85. The molecule has 1 heterocycles. The minimum Gasteiger partial charge on any atom is -0.309 e. The molecule has 1 aromatic heterocycles. The molecule has 0 unspecified atom stereocenters. The summed E-state index contributed by atoms with van der Waals surface area (Å²) in [6.07, 6.45) is 5.31. The van der Waals surface area contributed by atoms with Crippen molar-refractivity contribution in [3.8, 4) is 0 Å². The van der Waals surface area contributed by atoms with E-state index in [0.717, 1.165) is 32.1 Å². The van der Waals surface area contributed by atoms with Gasteiger partial charge < -0.3 is 4.57 Å². The number of carbonyl (C=O) groups is 1. The van der Waals surface area contributed by atoms with E-state index in [1.54, 1.807) is 0 Å². The van der Waals surface area contributed by atoms with Crippen LogP contribution < -0.4 is 5.56 Å². The molecule has 3 rings (SSSR count). The molecule has 2 aliphatic carbocycles. The fourth-order valence-corrected chi connectivity index (χ4v) is 2.64. The molecule has 84 valence electrons. The second kappa shape index (κ2) is 3.30. The summed E-state index contributed by atoms with van der Waals surface area (Å²) in [6, 6.07) is 2.20. The normalized spacial score (nSPS) is 18.6. The number of fused-ring (bicyclic) bond motifs is 1. The van der Waals surface area contributed by atoms with Crippen LogP contribution >= 0.6 is 0 Å². The molecule has 3 heteroatoms. The van der Waals surface area contributed by atoms with Gasteiger partial charge in [0.05, 0.1) is 5.56 Å². The third-order valence-electron chi connectivity index (χ3n) is 3.58. The zero-order chi connectivity index (χ0) is 11.3. The number of ketones is 1. The number of pyridine rings is 1. The third-order valence-corrected chi connectivity index (χ3v) is 3.58. The van der Waals surface area contributed by atoms with Gasteiger partial charge in [-0.2, -0.15) is 0 Å². The van der Waals surface area contributed by atoms with E-state index in [1.165, 1.54) is 18.2 Å². The average molecular weight is 217 g/mol. The lowest BCUT2D eigenvalue weighted by molar-refractivity contribution is 0.101. The van der Waals surface area contributed by atoms with Crippen molar-refractivity contribution in [3.63, 3.8) is 0 Å². The van der Waals surface area contributed by atoms with Gasteiger partial charge in [-0.1, -0.05) is 0 Å². The van der Waals surface area contributed by atoms with Crippen LogP contribution in [0.3, 0.4) is 0 Å². The fourth-order valence-electron chi connectivity index (χ4n) is 2.64. The highest BCUT2D eigenvalue weighted by Gasteiger charge is 2.30. The van der Waals surface area contributed by atoms with Crippen molar-refractivity contribution in [2.24, 2.45) is 0 Å². The van der Waals surface area contributed by atoms with Crippen LogP contribution in [0.2, 0.25) is 0 Å². The quantitative estimate of drug-likeness (QED) is 0.709. The van der Waals surface area contributed by atoms with Crippen molar-refractivity contribution in [2.45, 2.75) is 45.1 Å². The molecule has 16 heavy (non-hydrogen) atoms. The molecule has 0 radical (unpaired) electrons. The van der Waals surface area contributed by atoms with E-state index in [1.807, 2.05) is 10.6 Å². The molecular formula is C13H15NO2. The van der Waals surface area contributed by atoms with Crippen LogP contribution in [0.25, 0.3) is 0 Å². The number of nitrogens with zero attached hydrogens (tertiary/aromatic N) is 1. The van der Waals surface area contributed by atoms with Gasteiger partial charge in [-0.3, -0.25) is 9.59 Å². The predicted molar refractivity (Wildman–Crippen MR) is 61.0 cm³/mol. The Hall–Kier alpha value is -1.38. The molecular weight excluding hydrogens is 202 g/mol. The van der Waals surface area contributed by atoms with Gasteiger partial charge in [0.2, 0.25) is 0 Å². The van der Waals surface area contributed by atoms with Crippen molar-refractivity contribution < 1.29 is 4.79 Å². The van der Waals surface area contributed by atoms with Gasteiger partial charge in [0.15, 0.2) is 5.78 Å². The minimum absolute atomic E-state index is 0.0596. The predicted octanol–water partition coefficient (Wildman–Crippen LogP) is 1.87. The van der Waals surface area contributed by atoms with E-state index in [2.05, 4.69) is 0 Å². The summed E-state index contributed by atoms with van der Waals surface area (Å²) in [5.74, 6) is -0.103. The zero-order valence-corrected chi connectivity index (χ0v) is 9.45. The zero-order valence-electron chi connectivity index (χ0n) is 9.45. The van der Waals surface area contributed by atoms with Gasteiger partial charge >= 0.3 is 0 Å². The molecule has 1 fully saturated rings. The Morgan fingerprint density at radius 2 is 2.12 bits per heavy atom. The number of hydrogen-bond acceptors (Lipinski definition) is 2. The van der Waals surface area contributed by atoms with Crippen molar-refractivity contribution in [1.29, 1.82) is 0 Å². The van der Waals surface area contributed by atoms with Crippen LogP contribution in [0.15, 0.2) is 10.9 Å². The Morgan fingerprint density at radius 1 is 1.38 bits per heavy atom. The molecule has 0 aromatic carbocycles. The first-order valence-corrected chi connectivity index (χ1v) is 5.96. The SMILES string of the molecule is CC(=O)c1cc2c(n(C3CC3)c1=O)CCC2. The summed E-state index contributed by atoms with van der Waals surface area (Å²) >= 11 is 0. The molecule has 0 spiro atoms. The molecule has 0 saturated heterocycles. The molecule has 0 N–H and O–H groups in total. The Morgan fingerprint density at radius 3 is 2.75 bits per heavy atom. The van der Waals surface area contributed by atoms with Crippen molar-refractivity contribution in [3.05, 3.63) is 33.2 Å². The molecule has 3 nitrogen and oxygen atoms in total. The summed E-state index contributed by atoms with van der Waals surface area (Å²) < 4.78 is 1.90. The maximum absolute atomic E-state index is 12.2. The summed E-state index contributed by atoms with van der Waals surface area (Å²) in [6.45, 7) is 1.48.